The Bertz CT molecular complexity index is 747. The SMILES string of the molecule is Cc1nc(-c2ccc(-c3cccc(Cl)c3C)nc2)cs1. The fraction of sp³-hybridized carbons (Fsp3) is 0.125. The first-order chi connectivity index (χ1) is 9.65. The lowest BCUT2D eigenvalue weighted by Gasteiger charge is -2.07. The van der Waals surface area contributed by atoms with Gasteiger partial charge in [-0.1, -0.05) is 23.7 Å². The van der Waals surface area contributed by atoms with Crippen molar-refractivity contribution in [3.05, 3.63) is 57.5 Å². The van der Waals surface area contributed by atoms with Gasteiger partial charge in [0.15, 0.2) is 0 Å². The van der Waals surface area contributed by atoms with Crippen molar-refractivity contribution in [3.8, 4) is 22.5 Å². The molecular weight excluding hydrogens is 288 g/mol. The Morgan fingerprint density at radius 1 is 1.05 bits per heavy atom. The van der Waals surface area contributed by atoms with Crippen molar-refractivity contribution in [1.29, 1.82) is 0 Å². The van der Waals surface area contributed by atoms with E-state index in [1.165, 1.54) is 0 Å². The maximum absolute atomic E-state index is 6.16. The molecule has 0 saturated carbocycles. The summed E-state index contributed by atoms with van der Waals surface area (Å²) >= 11 is 7.81. The maximum atomic E-state index is 6.16. The second kappa shape index (κ2) is 5.35. The number of halogens is 1. The molecule has 2 nitrogen and oxygen atoms in total. The van der Waals surface area contributed by atoms with Gasteiger partial charge < -0.3 is 0 Å². The van der Waals surface area contributed by atoms with Crippen LogP contribution in [0.1, 0.15) is 10.6 Å². The zero-order chi connectivity index (χ0) is 14.1. The summed E-state index contributed by atoms with van der Waals surface area (Å²) in [4.78, 5) is 9.01. The minimum Gasteiger partial charge on any atom is -0.256 e. The van der Waals surface area contributed by atoms with Crippen molar-refractivity contribution in [2.75, 3.05) is 0 Å². The smallest absolute Gasteiger partial charge is 0.0901 e. The third kappa shape index (κ3) is 2.47. The van der Waals surface area contributed by atoms with E-state index in [2.05, 4.69) is 21.4 Å². The highest BCUT2D eigenvalue weighted by atomic mass is 35.5. The zero-order valence-corrected chi connectivity index (χ0v) is 12.8. The van der Waals surface area contributed by atoms with Crippen LogP contribution < -0.4 is 0 Å². The molecule has 0 aliphatic carbocycles. The van der Waals surface area contributed by atoms with E-state index in [0.29, 0.717) is 0 Å². The average molecular weight is 301 g/mol. The first-order valence-electron chi connectivity index (χ1n) is 6.29. The fourth-order valence-electron chi connectivity index (χ4n) is 2.09. The third-order valence-electron chi connectivity index (χ3n) is 3.22. The van der Waals surface area contributed by atoms with Gasteiger partial charge in [0.2, 0.25) is 0 Å². The molecular formula is C16H13ClN2S. The normalized spacial score (nSPS) is 10.8. The van der Waals surface area contributed by atoms with Gasteiger partial charge in [-0.3, -0.25) is 4.98 Å². The molecule has 0 aliphatic rings. The van der Waals surface area contributed by atoms with Gasteiger partial charge in [-0.15, -0.1) is 11.3 Å². The molecule has 3 aromatic rings. The molecule has 0 radical (unpaired) electrons. The summed E-state index contributed by atoms with van der Waals surface area (Å²) in [6.07, 6.45) is 1.87. The number of thiazole rings is 1. The number of nitrogens with zero attached hydrogens (tertiary/aromatic N) is 2. The summed E-state index contributed by atoms with van der Waals surface area (Å²) in [6.45, 7) is 4.02. The molecule has 0 saturated heterocycles. The van der Waals surface area contributed by atoms with E-state index in [4.69, 9.17) is 11.6 Å². The van der Waals surface area contributed by atoms with E-state index in [9.17, 15) is 0 Å². The molecule has 0 amide bonds. The number of aromatic nitrogens is 2. The Hall–Kier alpha value is -1.71. The van der Waals surface area contributed by atoms with Crippen LogP contribution in [0.3, 0.4) is 0 Å². The molecule has 3 rings (SSSR count). The second-order valence-corrected chi connectivity index (χ2v) is 6.07. The summed E-state index contributed by atoms with van der Waals surface area (Å²) < 4.78 is 0. The molecule has 0 atom stereocenters. The van der Waals surface area contributed by atoms with Gasteiger partial charge >= 0.3 is 0 Å². The van der Waals surface area contributed by atoms with Gasteiger partial charge in [0.25, 0.3) is 0 Å². The minimum atomic E-state index is 0.767. The molecule has 0 aliphatic heterocycles. The largest absolute Gasteiger partial charge is 0.256 e. The van der Waals surface area contributed by atoms with Crippen LogP contribution in [-0.2, 0) is 0 Å². The van der Waals surface area contributed by atoms with Crippen molar-refractivity contribution < 1.29 is 0 Å². The van der Waals surface area contributed by atoms with Crippen LogP contribution in [0, 0.1) is 13.8 Å². The highest BCUT2D eigenvalue weighted by molar-refractivity contribution is 7.09. The first-order valence-corrected chi connectivity index (χ1v) is 7.55. The van der Waals surface area contributed by atoms with Crippen molar-refractivity contribution in [3.63, 3.8) is 0 Å². The lowest BCUT2D eigenvalue weighted by atomic mass is 10.0. The van der Waals surface area contributed by atoms with Crippen LogP contribution >= 0.6 is 22.9 Å². The minimum absolute atomic E-state index is 0.767. The average Bonchev–Trinajstić information content (AvgIpc) is 2.89. The molecule has 0 unspecified atom stereocenters. The maximum Gasteiger partial charge on any atom is 0.0901 e. The second-order valence-electron chi connectivity index (χ2n) is 4.60. The predicted octanol–water partition coefficient (Wildman–Crippen LogP) is 5.14. The quantitative estimate of drug-likeness (QED) is 0.654. The van der Waals surface area contributed by atoms with Crippen LogP contribution in [0.5, 0.6) is 0 Å². The highest BCUT2D eigenvalue weighted by Gasteiger charge is 2.07. The molecule has 20 heavy (non-hydrogen) atoms. The monoisotopic (exact) mass is 300 g/mol. The van der Waals surface area contributed by atoms with E-state index in [-0.39, 0.29) is 0 Å². The van der Waals surface area contributed by atoms with Gasteiger partial charge in [0.1, 0.15) is 0 Å². The lowest BCUT2D eigenvalue weighted by molar-refractivity contribution is 1.26. The molecule has 2 heterocycles. The molecule has 0 N–H and O–H groups in total. The van der Waals surface area contributed by atoms with Gasteiger partial charge in [-0.05, 0) is 37.6 Å². The molecule has 2 aromatic heterocycles. The van der Waals surface area contributed by atoms with E-state index in [1.54, 1.807) is 11.3 Å². The van der Waals surface area contributed by atoms with Gasteiger partial charge in [0, 0.05) is 27.7 Å². The molecule has 100 valence electrons. The summed E-state index contributed by atoms with van der Waals surface area (Å²) in [5.74, 6) is 0. The van der Waals surface area contributed by atoms with Crippen LogP contribution in [0.15, 0.2) is 41.9 Å². The molecule has 0 spiro atoms. The van der Waals surface area contributed by atoms with Gasteiger partial charge in [-0.2, -0.15) is 0 Å². The number of hydrogen-bond acceptors (Lipinski definition) is 3. The Labute approximate surface area is 127 Å². The van der Waals surface area contributed by atoms with Crippen molar-refractivity contribution in [2.24, 2.45) is 0 Å². The number of rotatable bonds is 2. The van der Waals surface area contributed by atoms with E-state index >= 15 is 0 Å². The Balaban J connectivity index is 1.99. The van der Waals surface area contributed by atoms with Crippen molar-refractivity contribution in [1.82, 2.24) is 9.97 Å². The molecule has 0 fully saturated rings. The van der Waals surface area contributed by atoms with Crippen LogP contribution in [0.4, 0.5) is 0 Å². The van der Waals surface area contributed by atoms with E-state index < -0.39 is 0 Å². The summed E-state index contributed by atoms with van der Waals surface area (Å²) in [5, 5.41) is 3.88. The van der Waals surface area contributed by atoms with Crippen molar-refractivity contribution in [2.45, 2.75) is 13.8 Å². The Kier molecular flexibility index (Phi) is 3.55. The predicted molar refractivity (Wildman–Crippen MR) is 85.3 cm³/mol. The van der Waals surface area contributed by atoms with Crippen molar-refractivity contribution >= 4 is 22.9 Å². The Morgan fingerprint density at radius 3 is 2.55 bits per heavy atom. The highest BCUT2D eigenvalue weighted by Crippen LogP contribution is 2.28. The zero-order valence-electron chi connectivity index (χ0n) is 11.2. The molecule has 4 heteroatoms. The standard InChI is InChI=1S/C16H13ClN2S/c1-10-13(4-3-5-14(10)17)15-7-6-12(8-18-15)16-9-20-11(2)19-16/h3-9H,1-2H3. The number of hydrogen-bond donors (Lipinski definition) is 0. The number of aryl methyl sites for hydroxylation is 1. The van der Waals surface area contributed by atoms with Crippen LogP contribution in [0.2, 0.25) is 5.02 Å². The Morgan fingerprint density at radius 2 is 1.90 bits per heavy atom. The van der Waals surface area contributed by atoms with Gasteiger partial charge in [-0.25, -0.2) is 4.98 Å². The fourth-order valence-corrected chi connectivity index (χ4v) is 2.88. The summed E-state index contributed by atoms with van der Waals surface area (Å²) in [5.41, 5.74) is 5.07. The van der Waals surface area contributed by atoms with E-state index in [0.717, 1.165) is 38.1 Å². The number of benzene rings is 1. The number of pyridine rings is 1. The van der Waals surface area contributed by atoms with Crippen LogP contribution in [0.25, 0.3) is 22.5 Å². The lowest BCUT2D eigenvalue weighted by Crippen LogP contribution is -1.89. The summed E-state index contributed by atoms with van der Waals surface area (Å²) in [6, 6.07) is 9.95. The molecule has 1 aromatic carbocycles. The van der Waals surface area contributed by atoms with Gasteiger partial charge in [0.05, 0.1) is 16.4 Å². The van der Waals surface area contributed by atoms with Crippen LogP contribution in [-0.4, -0.2) is 9.97 Å². The topological polar surface area (TPSA) is 25.8 Å². The third-order valence-corrected chi connectivity index (χ3v) is 4.40. The first kappa shape index (κ1) is 13.3. The summed E-state index contributed by atoms with van der Waals surface area (Å²) in [7, 11) is 0. The molecule has 0 bridgehead atoms. The van der Waals surface area contributed by atoms with E-state index in [1.807, 2.05) is 44.3 Å².